The number of hydrogen-bond acceptors (Lipinski definition) is 6. The average Bonchev–Trinajstić information content (AvgIpc) is 3.06. The van der Waals surface area contributed by atoms with Crippen molar-refractivity contribution in [2.45, 2.75) is 19.9 Å². The van der Waals surface area contributed by atoms with E-state index in [0.29, 0.717) is 6.04 Å². The van der Waals surface area contributed by atoms with Crippen LogP contribution in [0.15, 0.2) is 30.7 Å². The van der Waals surface area contributed by atoms with Gasteiger partial charge >= 0.3 is 0 Å². The molecule has 0 amide bonds. The maximum absolute atomic E-state index is 4.72. The van der Waals surface area contributed by atoms with Gasteiger partial charge in [0.2, 0.25) is 10.1 Å². The van der Waals surface area contributed by atoms with E-state index >= 15 is 0 Å². The lowest BCUT2D eigenvalue weighted by Gasteiger charge is -2.27. The van der Waals surface area contributed by atoms with Crippen LogP contribution in [0.5, 0.6) is 0 Å². The van der Waals surface area contributed by atoms with E-state index in [1.807, 2.05) is 29.0 Å². The van der Waals surface area contributed by atoms with Crippen LogP contribution in [0.25, 0.3) is 16.2 Å². The standard InChI is InChI=1S/C16H22N6S/c1-12(2)21(9-8-20(3)4)16-19-22-11-14(18-15(22)23-16)13-6-5-7-17-10-13/h5-7,10-12H,8-9H2,1-4H3. The Balaban J connectivity index is 1.86. The lowest BCUT2D eigenvalue weighted by molar-refractivity contribution is 0.408. The zero-order valence-electron chi connectivity index (χ0n) is 14.0. The van der Waals surface area contributed by atoms with Gasteiger partial charge in [0.05, 0.1) is 11.9 Å². The Kier molecular flexibility index (Phi) is 4.58. The van der Waals surface area contributed by atoms with E-state index in [0.717, 1.165) is 34.4 Å². The van der Waals surface area contributed by atoms with Crippen LogP contribution >= 0.6 is 11.3 Å². The third-order valence-corrected chi connectivity index (χ3v) is 4.61. The SMILES string of the molecule is CC(C)N(CCN(C)C)c1nn2cc(-c3cccnc3)nc2s1. The predicted molar refractivity (Wildman–Crippen MR) is 95.1 cm³/mol. The quantitative estimate of drug-likeness (QED) is 0.695. The van der Waals surface area contributed by atoms with Crippen LogP contribution in [0.4, 0.5) is 5.13 Å². The van der Waals surface area contributed by atoms with Gasteiger partial charge in [-0.05, 0) is 40.1 Å². The first-order chi connectivity index (χ1) is 11.0. The van der Waals surface area contributed by atoms with Crippen molar-refractivity contribution >= 4 is 21.4 Å². The molecule has 3 aromatic heterocycles. The summed E-state index contributed by atoms with van der Waals surface area (Å²) in [5, 5.41) is 5.73. The highest BCUT2D eigenvalue weighted by molar-refractivity contribution is 7.20. The molecule has 0 spiro atoms. The first-order valence-electron chi connectivity index (χ1n) is 7.72. The molecule has 0 bridgehead atoms. The van der Waals surface area contributed by atoms with E-state index in [-0.39, 0.29) is 0 Å². The number of anilines is 1. The molecular weight excluding hydrogens is 308 g/mol. The Hall–Kier alpha value is -1.99. The third-order valence-electron chi connectivity index (χ3n) is 3.65. The van der Waals surface area contributed by atoms with Crippen molar-refractivity contribution in [2.24, 2.45) is 0 Å². The molecule has 0 N–H and O–H groups in total. The number of pyridine rings is 1. The molecule has 0 atom stereocenters. The molecule has 0 aliphatic rings. The second-order valence-electron chi connectivity index (χ2n) is 6.07. The fraction of sp³-hybridized carbons (Fsp3) is 0.438. The van der Waals surface area contributed by atoms with Crippen LogP contribution in [-0.4, -0.2) is 57.7 Å². The number of aromatic nitrogens is 4. The van der Waals surface area contributed by atoms with Crippen molar-refractivity contribution in [1.29, 1.82) is 0 Å². The molecule has 3 aromatic rings. The first kappa shape index (κ1) is 15.9. The molecule has 0 fully saturated rings. The number of imidazole rings is 1. The molecule has 23 heavy (non-hydrogen) atoms. The molecule has 7 heteroatoms. The zero-order valence-corrected chi connectivity index (χ0v) is 14.8. The predicted octanol–water partition coefficient (Wildman–Crippen LogP) is 2.63. The van der Waals surface area contributed by atoms with Gasteiger partial charge in [-0.2, -0.15) is 0 Å². The Morgan fingerprint density at radius 2 is 2.09 bits per heavy atom. The summed E-state index contributed by atoms with van der Waals surface area (Å²) in [6, 6.07) is 4.34. The lowest BCUT2D eigenvalue weighted by atomic mass is 10.2. The zero-order chi connectivity index (χ0) is 16.4. The Morgan fingerprint density at radius 1 is 1.26 bits per heavy atom. The molecule has 0 unspecified atom stereocenters. The van der Waals surface area contributed by atoms with Gasteiger partial charge < -0.3 is 9.80 Å². The summed E-state index contributed by atoms with van der Waals surface area (Å²) in [7, 11) is 4.18. The highest BCUT2D eigenvalue weighted by Crippen LogP contribution is 2.27. The molecule has 0 radical (unpaired) electrons. The molecule has 6 nitrogen and oxygen atoms in total. The van der Waals surface area contributed by atoms with Gasteiger partial charge in [-0.1, -0.05) is 11.3 Å². The monoisotopic (exact) mass is 330 g/mol. The van der Waals surface area contributed by atoms with Crippen LogP contribution < -0.4 is 4.90 Å². The summed E-state index contributed by atoms with van der Waals surface area (Å²) in [4.78, 5) is 14.3. The molecule has 0 aromatic carbocycles. The normalized spacial score (nSPS) is 11.7. The van der Waals surface area contributed by atoms with E-state index in [1.54, 1.807) is 17.5 Å². The summed E-state index contributed by atoms with van der Waals surface area (Å²) in [6.07, 6.45) is 5.56. The van der Waals surface area contributed by atoms with E-state index in [9.17, 15) is 0 Å². The van der Waals surface area contributed by atoms with Gasteiger partial charge in [0.15, 0.2) is 0 Å². The van der Waals surface area contributed by atoms with Gasteiger partial charge in [0, 0.05) is 37.1 Å². The molecular formula is C16H22N6S. The minimum Gasteiger partial charge on any atom is -0.343 e. The molecule has 0 saturated carbocycles. The highest BCUT2D eigenvalue weighted by atomic mass is 32.1. The fourth-order valence-corrected chi connectivity index (χ4v) is 3.38. The second kappa shape index (κ2) is 6.64. The largest absolute Gasteiger partial charge is 0.343 e. The smallest absolute Gasteiger partial charge is 0.214 e. The van der Waals surface area contributed by atoms with Crippen molar-refractivity contribution in [3.05, 3.63) is 30.7 Å². The molecule has 3 heterocycles. The van der Waals surface area contributed by atoms with Crippen molar-refractivity contribution in [2.75, 3.05) is 32.1 Å². The third kappa shape index (κ3) is 3.51. The van der Waals surface area contributed by atoms with E-state index in [4.69, 9.17) is 5.10 Å². The number of likely N-dealkylation sites (N-methyl/N-ethyl adjacent to an activating group) is 1. The molecule has 0 saturated heterocycles. The Morgan fingerprint density at radius 3 is 2.70 bits per heavy atom. The van der Waals surface area contributed by atoms with Crippen LogP contribution in [-0.2, 0) is 0 Å². The summed E-state index contributed by atoms with van der Waals surface area (Å²) in [5.41, 5.74) is 1.92. The molecule has 3 rings (SSSR count). The van der Waals surface area contributed by atoms with E-state index < -0.39 is 0 Å². The number of fused-ring (bicyclic) bond motifs is 1. The average molecular weight is 330 g/mol. The van der Waals surface area contributed by atoms with E-state index in [2.05, 4.69) is 47.7 Å². The summed E-state index contributed by atoms with van der Waals surface area (Å²) in [5.74, 6) is 0. The Bertz CT molecular complexity index is 730. The van der Waals surface area contributed by atoms with Gasteiger partial charge in [-0.3, -0.25) is 4.98 Å². The van der Waals surface area contributed by atoms with Gasteiger partial charge in [-0.25, -0.2) is 9.50 Å². The van der Waals surface area contributed by atoms with Crippen molar-refractivity contribution < 1.29 is 0 Å². The lowest BCUT2D eigenvalue weighted by Crippen LogP contribution is -2.36. The van der Waals surface area contributed by atoms with E-state index in [1.165, 1.54) is 0 Å². The topological polar surface area (TPSA) is 49.6 Å². The molecule has 0 aliphatic carbocycles. The maximum Gasteiger partial charge on any atom is 0.214 e. The van der Waals surface area contributed by atoms with Gasteiger partial charge in [0.25, 0.3) is 0 Å². The number of nitrogens with zero attached hydrogens (tertiary/aromatic N) is 6. The summed E-state index contributed by atoms with van der Waals surface area (Å²) < 4.78 is 1.87. The van der Waals surface area contributed by atoms with Crippen LogP contribution in [0.2, 0.25) is 0 Å². The van der Waals surface area contributed by atoms with Crippen molar-refractivity contribution in [1.82, 2.24) is 24.5 Å². The Labute approximate surface area is 140 Å². The molecule has 0 aliphatic heterocycles. The summed E-state index contributed by atoms with van der Waals surface area (Å²) in [6.45, 7) is 6.35. The van der Waals surface area contributed by atoms with Gasteiger partial charge in [0.1, 0.15) is 0 Å². The number of rotatable bonds is 6. The van der Waals surface area contributed by atoms with Crippen molar-refractivity contribution in [3.8, 4) is 11.3 Å². The minimum atomic E-state index is 0.406. The minimum absolute atomic E-state index is 0.406. The first-order valence-corrected chi connectivity index (χ1v) is 8.54. The summed E-state index contributed by atoms with van der Waals surface area (Å²) >= 11 is 1.63. The molecule has 122 valence electrons. The van der Waals surface area contributed by atoms with Crippen LogP contribution in [0, 0.1) is 0 Å². The van der Waals surface area contributed by atoms with Crippen molar-refractivity contribution in [3.63, 3.8) is 0 Å². The number of hydrogen-bond donors (Lipinski definition) is 0. The fourth-order valence-electron chi connectivity index (χ4n) is 2.34. The van der Waals surface area contributed by atoms with Crippen LogP contribution in [0.3, 0.4) is 0 Å². The second-order valence-corrected chi connectivity index (χ2v) is 7.00. The van der Waals surface area contributed by atoms with Crippen LogP contribution in [0.1, 0.15) is 13.8 Å². The highest BCUT2D eigenvalue weighted by Gasteiger charge is 2.17. The van der Waals surface area contributed by atoms with Gasteiger partial charge in [-0.15, -0.1) is 5.10 Å². The maximum atomic E-state index is 4.72.